The summed E-state index contributed by atoms with van der Waals surface area (Å²) >= 11 is 13.3. The van der Waals surface area contributed by atoms with Crippen LogP contribution < -0.4 is 11.1 Å². The molecule has 1 aliphatic rings. The molecule has 1 amide bonds. The van der Waals surface area contributed by atoms with E-state index in [0.29, 0.717) is 27.1 Å². The van der Waals surface area contributed by atoms with Crippen LogP contribution in [0.4, 0.5) is 4.39 Å². The van der Waals surface area contributed by atoms with Crippen molar-refractivity contribution in [1.29, 1.82) is 0 Å². The van der Waals surface area contributed by atoms with Crippen LogP contribution in [0.15, 0.2) is 52.8 Å². The largest absolute Gasteiger partial charge is 0.332 e. The van der Waals surface area contributed by atoms with E-state index >= 15 is 4.39 Å². The average molecular weight is 599 g/mol. The van der Waals surface area contributed by atoms with E-state index in [1.54, 1.807) is 32.2 Å². The van der Waals surface area contributed by atoms with E-state index in [1.807, 2.05) is 13.8 Å². The number of hydrogen-bond donors (Lipinski definition) is 0. The molecule has 0 N–H and O–H groups in total. The van der Waals surface area contributed by atoms with Gasteiger partial charge in [-0.25, -0.2) is 9.37 Å². The summed E-state index contributed by atoms with van der Waals surface area (Å²) in [6.45, 7) is 6.12. The van der Waals surface area contributed by atoms with E-state index in [2.05, 4.69) is 21.5 Å². The summed E-state index contributed by atoms with van der Waals surface area (Å²) in [6, 6.07) is 4.51. The van der Waals surface area contributed by atoms with E-state index in [-0.39, 0.29) is 38.5 Å². The molecule has 0 spiro atoms. The van der Waals surface area contributed by atoms with Gasteiger partial charge in [-0.3, -0.25) is 33.5 Å². The lowest BCUT2D eigenvalue weighted by Crippen LogP contribution is -2.63. The van der Waals surface area contributed by atoms with Crippen LogP contribution in [0.2, 0.25) is 10.0 Å². The summed E-state index contributed by atoms with van der Waals surface area (Å²) in [5, 5.41) is 0.213. The molecular formula is C29H27Cl2FN6O3. The molecule has 0 aliphatic carbocycles. The van der Waals surface area contributed by atoms with Gasteiger partial charge in [-0.2, -0.15) is 0 Å². The van der Waals surface area contributed by atoms with Crippen LogP contribution in [0.25, 0.3) is 28.1 Å². The normalized spacial score (nSPS) is 15.5. The Morgan fingerprint density at radius 1 is 1.20 bits per heavy atom. The van der Waals surface area contributed by atoms with E-state index < -0.39 is 42.3 Å². The Hall–Kier alpha value is -3.89. The Kier molecular flexibility index (Phi) is 6.67. The van der Waals surface area contributed by atoms with Gasteiger partial charge in [-0.05, 0) is 49.6 Å². The first-order valence-electron chi connectivity index (χ1n) is 13.7. The standard InChI is InChI=1S/C29H27Cl2FN6O3/c1-6-21(39)36-12-29(32,13-36)14-37-20-11-19(30)24(18-8-10-33-17(5)22(18)31)35-26(20)38(28(41)27(37)40)25-16(4)7-9-34-23(25)15(2)3/h6-11,15H,1,12-14H2,2-5H3/i14D2. The molecule has 0 saturated carbocycles. The third-order valence-corrected chi connectivity index (χ3v) is 7.67. The number of hydrogen-bond acceptors (Lipinski definition) is 6. The molecule has 9 nitrogen and oxygen atoms in total. The highest BCUT2D eigenvalue weighted by Crippen LogP contribution is 2.36. The van der Waals surface area contributed by atoms with Gasteiger partial charge >= 0.3 is 11.1 Å². The molecule has 212 valence electrons. The van der Waals surface area contributed by atoms with Crippen molar-refractivity contribution in [2.24, 2.45) is 0 Å². The molecule has 0 aromatic carbocycles. The van der Waals surface area contributed by atoms with Gasteiger partial charge in [0.25, 0.3) is 0 Å². The number of pyridine rings is 3. The average Bonchev–Trinajstić information content (AvgIpc) is 2.93. The molecular weight excluding hydrogens is 570 g/mol. The van der Waals surface area contributed by atoms with E-state index in [4.69, 9.17) is 25.9 Å². The summed E-state index contributed by atoms with van der Waals surface area (Å²) in [5.74, 6) is -0.781. The number of amides is 1. The van der Waals surface area contributed by atoms with Crippen molar-refractivity contribution >= 4 is 40.3 Å². The predicted molar refractivity (Wildman–Crippen MR) is 157 cm³/mol. The first kappa shape index (κ1) is 26.0. The third kappa shape index (κ3) is 4.85. The van der Waals surface area contributed by atoms with Gasteiger partial charge in [0.15, 0.2) is 11.3 Å². The fourth-order valence-corrected chi connectivity index (χ4v) is 5.28. The van der Waals surface area contributed by atoms with Crippen LogP contribution in [0.5, 0.6) is 0 Å². The Balaban J connectivity index is 1.92. The summed E-state index contributed by atoms with van der Waals surface area (Å²) in [6.07, 6.45) is 4.07. The zero-order chi connectivity index (χ0) is 31.6. The zero-order valence-corrected chi connectivity index (χ0v) is 24.2. The maximum Gasteiger partial charge on any atom is 0.322 e. The van der Waals surface area contributed by atoms with Crippen LogP contribution in [-0.2, 0) is 11.3 Å². The highest BCUT2D eigenvalue weighted by atomic mass is 35.5. The van der Waals surface area contributed by atoms with Gasteiger partial charge in [0.05, 0.1) is 60.7 Å². The first-order valence-corrected chi connectivity index (χ1v) is 13.5. The van der Waals surface area contributed by atoms with Crippen molar-refractivity contribution in [3.05, 3.63) is 91.0 Å². The van der Waals surface area contributed by atoms with E-state index in [0.717, 1.165) is 15.5 Å². The minimum Gasteiger partial charge on any atom is -0.332 e. The Labute approximate surface area is 247 Å². The highest BCUT2D eigenvalue weighted by Gasteiger charge is 2.46. The first-order chi connectivity index (χ1) is 20.1. The monoisotopic (exact) mass is 598 g/mol. The van der Waals surface area contributed by atoms with Crippen LogP contribution >= 0.6 is 23.2 Å². The molecule has 4 aromatic rings. The molecule has 0 bridgehead atoms. The van der Waals surface area contributed by atoms with Crippen molar-refractivity contribution in [2.75, 3.05) is 13.1 Å². The molecule has 0 atom stereocenters. The number of fused-ring (bicyclic) bond motifs is 1. The van der Waals surface area contributed by atoms with E-state index in [9.17, 15) is 14.4 Å². The maximum absolute atomic E-state index is 16.2. The van der Waals surface area contributed by atoms with Crippen molar-refractivity contribution in [3.63, 3.8) is 0 Å². The summed E-state index contributed by atoms with van der Waals surface area (Å²) in [4.78, 5) is 54.2. The lowest BCUT2D eigenvalue weighted by atomic mass is 9.95. The van der Waals surface area contributed by atoms with Crippen LogP contribution in [0.1, 0.15) is 39.5 Å². The Bertz CT molecular complexity index is 1950. The number of carbonyl (C=O) groups is 1. The molecule has 5 heterocycles. The van der Waals surface area contributed by atoms with Crippen molar-refractivity contribution in [2.45, 2.75) is 45.8 Å². The SMILES string of the molecule is [2H]C([2H])(n1c(=O)c(=O)n(-c2c(C)ccnc2C(C)C)c2nc(-c3ccnc(C)c3Cl)c(Cl)cc21)C1(F)CN(C(=O)C=C)C1. The molecule has 41 heavy (non-hydrogen) atoms. The van der Waals surface area contributed by atoms with Crippen LogP contribution in [-0.4, -0.2) is 53.7 Å². The fraction of sp³-hybridized carbons (Fsp3) is 0.310. The predicted octanol–water partition coefficient (Wildman–Crippen LogP) is 4.79. The Morgan fingerprint density at radius 2 is 1.88 bits per heavy atom. The quantitative estimate of drug-likeness (QED) is 0.233. The second kappa shape index (κ2) is 10.5. The minimum absolute atomic E-state index is 0.0360. The van der Waals surface area contributed by atoms with Crippen molar-refractivity contribution < 1.29 is 11.9 Å². The minimum atomic E-state index is -3.10. The smallest absolute Gasteiger partial charge is 0.322 e. The maximum atomic E-state index is 16.2. The van der Waals surface area contributed by atoms with Crippen LogP contribution in [0.3, 0.4) is 0 Å². The summed E-state index contributed by atoms with van der Waals surface area (Å²) in [5.41, 5.74) is -3.27. The van der Waals surface area contributed by atoms with E-state index in [1.165, 1.54) is 12.3 Å². The van der Waals surface area contributed by atoms with Gasteiger partial charge in [-0.1, -0.05) is 43.6 Å². The van der Waals surface area contributed by atoms with Gasteiger partial charge < -0.3 is 4.90 Å². The van der Waals surface area contributed by atoms with Gasteiger partial charge in [-0.15, -0.1) is 0 Å². The number of halogens is 3. The third-order valence-electron chi connectivity index (χ3n) is 6.90. The molecule has 0 unspecified atom stereocenters. The fourth-order valence-electron chi connectivity index (χ4n) is 4.83. The van der Waals surface area contributed by atoms with Crippen LogP contribution in [0, 0.1) is 13.8 Å². The Morgan fingerprint density at radius 3 is 2.54 bits per heavy atom. The second-order valence-corrected chi connectivity index (χ2v) is 11.0. The topological polar surface area (TPSA) is 103 Å². The summed E-state index contributed by atoms with van der Waals surface area (Å²) in [7, 11) is 0. The van der Waals surface area contributed by atoms with Crippen molar-refractivity contribution in [1.82, 2.24) is 29.0 Å². The number of alkyl halides is 1. The highest BCUT2D eigenvalue weighted by molar-refractivity contribution is 6.36. The number of aromatic nitrogens is 5. The molecule has 1 fully saturated rings. The number of aryl methyl sites for hydroxylation is 2. The number of carbonyl (C=O) groups excluding carboxylic acids is 1. The molecule has 4 aromatic heterocycles. The lowest BCUT2D eigenvalue weighted by molar-refractivity contribution is -0.141. The second-order valence-electron chi connectivity index (χ2n) is 10.2. The summed E-state index contributed by atoms with van der Waals surface area (Å²) < 4.78 is 35.4. The molecule has 1 aliphatic heterocycles. The van der Waals surface area contributed by atoms with Crippen molar-refractivity contribution in [3.8, 4) is 16.9 Å². The number of likely N-dealkylation sites (tertiary alicyclic amines) is 1. The molecule has 0 radical (unpaired) electrons. The zero-order valence-electron chi connectivity index (χ0n) is 24.7. The molecule has 12 heteroatoms. The van der Waals surface area contributed by atoms with Gasteiger partial charge in [0, 0.05) is 18.0 Å². The number of nitrogens with zero attached hydrogens (tertiary/aromatic N) is 6. The molecule has 1 saturated heterocycles. The lowest BCUT2D eigenvalue weighted by Gasteiger charge is -2.44. The van der Waals surface area contributed by atoms with Gasteiger partial charge in [0.1, 0.15) is 0 Å². The van der Waals surface area contributed by atoms with Gasteiger partial charge in [0.2, 0.25) is 5.91 Å². The number of rotatable bonds is 6. The molecule has 5 rings (SSSR count).